The molecule has 2 aliphatic rings. The molecular weight excluding hydrogens is 384 g/mol. The van der Waals surface area contributed by atoms with Crippen LogP contribution in [-0.4, -0.2) is 47.3 Å². The SMILES string of the molecule is COc1ccc2c(c1)C(=O)N1C[C@@H](C(=O)ON=C(N)c3cc(C)c[nH]3)CC[C@H]1CC2. The molecule has 8 nitrogen and oxygen atoms in total. The van der Waals surface area contributed by atoms with Gasteiger partial charge in [0.2, 0.25) is 0 Å². The third-order valence-corrected chi connectivity index (χ3v) is 5.93. The van der Waals surface area contributed by atoms with Gasteiger partial charge in [-0.25, -0.2) is 4.79 Å². The fraction of sp³-hybridized carbons (Fsp3) is 0.409. The number of hydrogen-bond acceptors (Lipinski definition) is 5. The Morgan fingerprint density at radius 2 is 2.10 bits per heavy atom. The van der Waals surface area contributed by atoms with Crippen LogP contribution in [0.3, 0.4) is 0 Å². The highest BCUT2D eigenvalue weighted by Gasteiger charge is 2.38. The number of H-pyrrole nitrogens is 1. The first-order valence-corrected chi connectivity index (χ1v) is 10.1. The molecule has 1 aromatic heterocycles. The predicted molar refractivity (Wildman–Crippen MR) is 111 cm³/mol. The van der Waals surface area contributed by atoms with Crippen molar-refractivity contribution in [2.45, 2.75) is 38.6 Å². The molecule has 2 aromatic rings. The molecule has 0 bridgehead atoms. The molecule has 2 atom stereocenters. The van der Waals surface area contributed by atoms with E-state index in [0.29, 0.717) is 30.0 Å². The summed E-state index contributed by atoms with van der Waals surface area (Å²) in [6.07, 6.45) is 4.91. The van der Waals surface area contributed by atoms with Crippen LogP contribution in [-0.2, 0) is 16.1 Å². The van der Waals surface area contributed by atoms with E-state index in [2.05, 4.69) is 10.1 Å². The monoisotopic (exact) mass is 410 g/mol. The Kier molecular flexibility index (Phi) is 5.48. The van der Waals surface area contributed by atoms with Gasteiger partial charge in [-0.1, -0.05) is 11.2 Å². The summed E-state index contributed by atoms with van der Waals surface area (Å²) in [4.78, 5) is 35.7. The number of oxime groups is 1. The minimum atomic E-state index is -0.470. The van der Waals surface area contributed by atoms with Crippen LogP contribution in [0.2, 0.25) is 0 Å². The van der Waals surface area contributed by atoms with Crippen LogP contribution in [0.15, 0.2) is 35.6 Å². The van der Waals surface area contributed by atoms with E-state index in [1.807, 2.05) is 30.0 Å². The van der Waals surface area contributed by atoms with E-state index in [1.165, 1.54) is 0 Å². The summed E-state index contributed by atoms with van der Waals surface area (Å²) in [5.41, 5.74) is 9.15. The summed E-state index contributed by atoms with van der Waals surface area (Å²) in [6, 6.07) is 7.56. The van der Waals surface area contributed by atoms with Crippen LogP contribution in [0.4, 0.5) is 0 Å². The number of amides is 1. The maximum atomic E-state index is 13.2. The van der Waals surface area contributed by atoms with Crippen LogP contribution >= 0.6 is 0 Å². The number of aryl methyl sites for hydroxylation is 2. The number of benzene rings is 1. The minimum Gasteiger partial charge on any atom is -0.497 e. The Bertz CT molecular complexity index is 997. The number of carbonyl (C=O) groups excluding carboxylic acids is 2. The van der Waals surface area contributed by atoms with Gasteiger partial charge in [-0.15, -0.1) is 0 Å². The lowest BCUT2D eigenvalue weighted by molar-refractivity contribution is -0.150. The van der Waals surface area contributed by atoms with Gasteiger partial charge in [0.25, 0.3) is 5.91 Å². The number of nitrogens with zero attached hydrogens (tertiary/aromatic N) is 2. The van der Waals surface area contributed by atoms with Crippen molar-refractivity contribution < 1.29 is 19.2 Å². The topological polar surface area (TPSA) is 110 Å². The van der Waals surface area contributed by atoms with Crippen LogP contribution < -0.4 is 10.5 Å². The third kappa shape index (κ3) is 3.90. The molecule has 3 N–H and O–H groups in total. The second kappa shape index (κ2) is 8.22. The molecule has 30 heavy (non-hydrogen) atoms. The molecule has 0 unspecified atom stereocenters. The summed E-state index contributed by atoms with van der Waals surface area (Å²) in [7, 11) is 1.58. The normalized spacial score (nSPS) is 21.5. The Hall–Kier alpha value is -3.29. The number of rotatable bonds is 4. The highest BCUT2D eigenvalue weighted by Crippen LogP contribution is 2.32. The van der Waals surface area contributed by atoms with E-state index in [4.69, 9.17) is 15.3 Å². The first-order valence-electron chi connectivity index (χ1n) is 10.1. The molecule has 0 saturated carbocycles. The summed E-state index contributed by atoms with van der Waals surface area (Å²) in [5, 5.41) is 3.78. The smallest absolute Gasteiger partial charge is 0.339 e. The quantitative estimate of drug-likeness (QED) is 0.348. The van der Waals surface area contributed by atoms with Crippen molar-refractivity contribution in [2.24, 2.45) is 16.8 Å². The summed E-state index contributed by atoms with van der Waals surface area (Å²) < 4.78 is 5.28. The number of carbonyl (C=O) groups is 2. The number of piperidine rings is 1. The zero-order chi connectivity index (χ0) is 21.3. The number of ether oxygens (including phenoxy) is 1. The zero-order valence-electron chi connectivity index (χ0n) is 17.2. The number of aromatic nitrogens is 1. The van der Waals surface area contributed by atoms with Gasteiger partial charge < -0.3 is 25.2 Å². The first kappa shape index (κ1) is 20.0. The predicted octanol–water partition coefficient (Wildman–Crippen LogP) is 2.36. The summed E-state index contributed by atoms with van der Waals surface area (Å²) in [6.45, 7) is 2.24. The van der Waals surface area contributed by atoms with E-state index in [0.717, 1.165) is 30.4 Å². The highest BCUT2D eigenvalue weighted by atomic mass is 16.7. The number of hydrogen-bond donors (Lipinski definition) is 2. The van der Waals surface area contributed by atoms with Crippen molar-refractivity contribution in [3.8, 4) is 5.75 Å². The van der Waals surface area contributed by atoms with E-state index in [1.54, 1.807) is 19.4 Å². The summed E-state index contributed by atoms with van der Waals surface area (Å²) >= 11 is 0. The van der Waals surface area contributed by atoms with E-state index < -0.39 is 11.9 Å². The number of methoxy groups -OCH3 is 1. The number of nitrogens with two attached hydrogens (primary N) is 1. The lowest BCUT2D eigenvalue weighted by Crippen LogP contribution is -2.48. The molecule has 0 spiro atoms. The molecule has 3 heterocycles. The molecule has 0 radical (unpaired) electrons. The van der Waals surface area contributed by atoms with Gasteiger partial charge in [-0.3, -0.25) is 4.79 Å². The second-order valence-electron chi connectivity index (χ2n) is 7.92. The summed E-state index contributed by atoms with van der Waals surface area (Å²) in [5.74, 6) is -0.203. The van der Waals surface area contributed by atoms with Crippen LogP contribution in [0.25, 0.3) is 0 Å². The van der Waals surface area contributed by atoms with Crippen LogP contribution in [0.5, 0.6) is 5.75 Å². The molecule has 1 fully saturated rings. The number of amidine groups is 1. The van der Waals surface area contributed by atoms with Gasteiger partial charge in [0.1, 0.15) is 5.75 Å². The van der Waals surface area contributed by atoms with Crippen LogP contribution in [0, 0.1) is 12.8 Å². The lowest BCUT2D eigenvalue weighted by Gasteiger charge is -2.37. The van der Waals surface area contributed by atoms with Gasteiger partial charge in [0, 0.05) is 24.3 Å². The molecule has 1 aromatic carbocycles. The van der Waals surface area contributed by atoms with E-state index in [9.17, 15) is 9.59 Å². The van der Waals surface area contributed by atoms with E-state index in [-0.39, 0.29) is 17.8 Å². The van der Waals surface area contributed by atoms with Crippen molar-refractivity contribution >= 4 is 17.7 Å². The highest BCUT2D eigenvalue weighted by molar-refractivity contribution is 5.97. The van der Waals surface area contributed by atoms with E-state index >= 15 is 0 Å². The van der Waals surface area contributed by atoms with Gasteiger partial charge in [-0.05, 0) is 61.9 Å². The maximum Gasteiger partial charge on any atom is 0.339 e. The Morgan fingerprint density at radius 1 is 1.27 bits per heavy atom. The van der Waals surface area contributed by atoms with Crippen molar-refractivity contribution in [2.75, 3.05) is 13.7 Å². The number of fused-ring (bicyclic) bond motifs is 2. The van der Waals surface area contributed by atoms with Crippen molar-refractivity contribution in [3.05, 3.63) is 52.8 Å². The fourth-order valence-corrected chi connectivity index (χ4v) is 4.21. The number of aromatic amines is 1. The van der Waals surface area contributed by atoms with Gasteiger partial charge in [0.05, 0.1) is 18.7 Å². The molecule has 1 amide bonds. The standard InChI is InChI=1S/C22H26N4O4/c1-13-9-19(24-11-13)20(23)25-30-22(28)15-4-7-16-6-3-14-5-8-17(29-2)10-18(14)21(27)26(16)12-15/h5,8-11,15-16,24H,3-4,6-7,12H2,1-2H3,(H2,23,25)/t15-,16+/m0/s1. The maximum absolute atomic E-state index is 13.2. The average Bonchev–Trinajstić information content (AvgIpc) is 3.15. The average molecular weight is 410 g/mol. The molecule has 0 aliphatic carbocycles. The molecule has 2 aliphatic heterocycles. The molecule has 8 heteroatoms. The molecule has 1 saturated heterocycles. The van der Waals surface area contributed by atoms with Gasteiger partial charge >= 0.3 is 5.97 Å². The van der Waals surface area contributed by atoms with Crippen molar-refractivity contribution in [1.82, 2.24) is 9.88 Å². The molecule has 4 rings (SSSR count). The Balaban J connectivity index is 1.47. The van der Waals surface area contributed by atoms with Crippen LogP contribution in [0.1, 0.15) is 46.4 Å². The third-order valence-electron chi connectivity index (χ3n) is 5.93. The zero-order valence-corrected chi connectivity index (χ0v) is 17.2. The Morgan fingerprint density at radius 3 is 2.83 bits per heavy atom. The minimum absolute atomic E-state index is 0.0613. The lowest BCUT2D eigenvalue weighted by atomic mass is 9.91. The second-order valence-corrected chi connectivity index (χ2v) is 7.92. The Labute approximate surface area is 175 Å². The van der Waals surface area contributed by atoms with Gasteiger partial charge in [0.15, 0.2) is 5.84 Å². The molecule has 158 valence electrons. The number of nitrogens with one attached hydrogen (secondary N) is 1. The largest absolute Gasteiger partial charge is 0.497 e. The van der Waals surface area contributed by atoms with Crippen molar-refractivity contribution in [3.63, 3.8) is 0 Å². The molecular formula is C22H26N4O4. The van der Waals surface area contributed by atoms with Gasteiger partial charge in [-0.2, -0.15) is 0 Å². The van der Waals surface area contributed by atoms with Crippen molar-refractivity contribution in [1.29, 1.82) is 0 Å². The first-order chi connectivity index (χ1) is 14.5. The fourth-order valence-electron chi connectivity index (χ4n) is 4.21.